The normalized spacial score (nSPS) is 16.4. The van der Waals surface area contributed by atoms with E-state index in [9.17, 15) is 27.5 Å². The van der Waals surface area contributed by atoms with Gasteiger partial charge >= 0.3 is 6.09 Å². The molecule has 3 heterocycles. The number of carbonyl (C=O) groups excluding carboxylic acids is 2. The van der Waals surface area contributed by atoms with E-state index in [1.807, 2.05) is 11.0 Å². The number of benzene rings is 2. The van der Waals surface area contributed by atoms with E-state index in [0.717, 1.165) is 54.7 Å². The topological polar surface area (TPSA) is 150 Å². The molecule has 5 rings (SSSR count). The van der Waals surface area contributed by atoms with Crippen LogP contribution >= 0.6 is 11.3 Å². The van der Waals surface area contributed by atoms with Crippen molar-refractivity contribution in [2.24, 2.45) is 0 Å². The van der Waals surface area contributed by atoms with Crippen LogP contribution in [0.25, 0.3) is 10.4 Å². The largest absolute Gasteiger partial charge is 0.507 e. The second kappa shape index (κ2) is 11.8. The van der Waals surface area contributed by atoms with E-state index >= 15 is 0 Å². The minimum Gasteiger partial charge on any atom is -0.507 e. The number of nitriles is 1. The Labute approximate surface area is 230 Å². The van der Waals surface area contributed by atoms with Gasteiger partial charge in [-0.05, 0) is 49.1 Å². The molecule has 39 heavy (non-hydrogen) atoms. The summed E-state index contributed by atoms with van der Waals surface area (Å²) in [6.45, 7) is 1.64. The summed E-state index contributed by atoms with van der Waals surface area (Å²) < 4.78 is 42.3. The van der Waals surface area contributed by atoms with Gasteiger partial charge in [0.25, 0.3) is 5.91 Å². The molecule has 0 bridgehead atoms. The van der Waals surface area contributed by atoms with E-state index in [-0.39, 0.29) is 40.2 Å². The highest BCUT2D eigenvalue weighted by Gasteiger charge is 2.34. The van der Waals surface area contributed by atoms with Gasteiger partial charge < -0.3 is 20.1 Å². The number of phenols is 1. The van der Waals surface area contributed by atoms with Crippen molar-refractivity contribution in [2.45, 2.75) is 36.2 Å². The molecule has 0 radical (unpaired) electrons. The number of ether oxygens (including phenoxy) is 1. The highest BCUT2D eigenvalue weighted by atomic mass is 32.2. The average molecular weight is 575 g/mol. The van der Waals surface area contributed by atoms with Crippen LogP contribution in [-0.4, -0.2) is 60.9 Å². The molecule has 206 valence electrons. The number of phenolic OH excluding ortho intramolecular Hbond substituents is 1. The number of cyclic esters (lactones) is 1. The molecule has 2 N–H and O–H groups in total. The van der Waals surface area contributed by atoms with Crippen LogP contribution in [0.1, 0.15) is 42.2 Å². The van der Waals surface area contributed by atoms with Gasteiger partial charge in [-0.3, -0.25) is 4.79 Å². The third-order valence-electron chi connectivity index (χ3n) is 6.19. The van der Waals surface area contributed by atoms with Crippen LogP contribution in [0, 0.1) is 17.1 Å². The summed E-state index contributed by atoms with van der Waals surface area (Å²) in [5.74, 6) is -1.97. The lowest BCUT2D eigenvalue weighted by molar-refractivity contribution is 0.0946. The SMILES string of the molecule is CS(=O)(=O)c1ncc(-c2cc(F)c(C(=O)NCc3ccc(C#N)cc3)cc2O)s1.O=C1OC[C@@H]2CCCCN12.[HH]. The number of nitrogens with one attached hydrogen (secondary N) is 1. The first kappa shape index (κ1) is 28.0. The summed E-state index contributed by atoms with van der Waals surface area (Å²) in [5, 5.41) is 21.5. The van der Waals surface area contributed by atoms with Crippen LogP contribution in [-0.2, 0) is 21.1 Å². The number of piperidine rings is 1. The van der Waals surface area contributed by atoms with Crippen molar-refractivity contribution in [1.29, 1.82) is 5.26 Å². The van der Waals surface area contributed by atoms with Gasteiger partial charge in [0, 0.05) is 32.5 Å². The van der Waals surface area contributed by atoms with Gasteiger partial charge in [-0.15, -0.1) is 11.3 Å². The number of amides is 2. The smallest absolute Gasteiger partial charge is 0.410 e. The predicted octanol–water partition coefficient (Wildman–Crippen LogP) is 4.10. The fourth-order valence-corrected chi connectivity index (χ4v) is 5.92. The Balaban J connectivity index is 0.000000334. The third-order valence-corrected chi connectivity index (χ3v) is 8.92. The first-order chi connectivity index (χ1) is 18.6. The molecule has 13 heteroatoms. The molecule has 1 atom stereocenters. The molecular weight excluding hydrogens is 547 g/mol. The van der Waals surface area contributed by atoms with Crippen LogP contribution in [0.4, 0.5) is 9.18 Å². The van der Waals surface area contributed by atoms with Crippen molar-refractivity contribution in [3.8, 4) is 22.3 Å². The van der Waals surface area contributed by atoms with Gasteiger partial charge in [-0.2, -0.15) is 5.26 Å². The molecule has 3 aromatic rings. The summed E-state index contributed by atoms with van der Waals surface area (Å²) >= 11 is 0.791. The molecule has 10 nitrogen and oxygen atoms in total. The van der Waals surface area contributed by atoms with Gasteiger partial charge in [-0.1, -0.05) is 12.1 Å². The number of hydrogen-bond donors (Lipinski definition) is 2. The lowest BCUT2D eigenvalue weighted by atomic mass is 10.0. The molecule has 2 aliphatic heterocycles. The summed E-state index contributed by atoms with van der Waals surface area (Å²) in [5.41, 5.74) is 0.886. The molecule has 0 saturated carbocycles. The third kappa shape index (κ3) is 6.71. The Morgan fingerprint density at radius 2 is 2.08 bits per heavy atom. The molecule has 2 aliphatic rings. The lowest BCUT2D eigenvalue weighted by Crippen LogP contribution is -2.37. The summed E-state index contributed by atoms with van der Waals surface area (Å²) in [6, 6.07) is 10.9. The number of sulfone groups is 1. The number of aromatic nitrogens is 1. The molecule has 1 aromatic heterocycles. The number of thiazole rings is 1. The molecule has 2 aromatic carbocycles. The van der Waals surface area contributed by atoms with Gasteiger partial charge in [0.2, 0.25) is 14.2 Å². The minimum atomic E-state index is -3.52. The van der Waals surface area contributed by atoms with E-state index in [2.05, 4.69) is 10.3 Å². The van der Waals surface area contributed by atoms with Gasteiger partial charge in [-0.25, -0.2) is 22.6 Å². The lowest BCUT2D eigenvalue weighted by Gasteiger charge is -2.25. The number of rotatable bonds is 5. The van der Waals surface area contributed by atoms with E-state index < -0.39 is 21.6 Å². The van der Waals surface area contributed by atoms with E-state index in [4.69, 9.17) is 10.00 Å². The fourth-order valence-electron chi connectivity index (χ4n) is 4.13. The minimum absolute atomic E-state index is 0. The summed E-state index contributed by atoms with van der Waals surface area (Å²) in [7, 11) is -3.52. The Morgan fingerprint density at radius 1 is 1.33 bits per heavy atom. The van der Waals surface area contributed by atoms with Crippen LogP contribution < -0.4 is 5.32 Å². The number of halogens is 1. The highest BCUT2D eigenvalue weighted by molar-refractivity contribution is 7.92. The number of hydrogen-bond acceptors (Lipinski definition) is 9. The Hall–Kier alpha value is -4.02. The maximum absolute atomic E-state index is 14.5. The fraction of sp³-hybridized carbons (Fsp3) is 0.308. The van der Waals surface area contributed by atoms with E-state index in [1.165, 1.54) is 12.6 Å². The number of carbonyl (C=O) groups is 2. The average Bonchev–Trinajstić information content (AvgIpc) is 3.57. The summed E-state index contributed by atoms with van der Waals surface area (Å²) in [6.07, 6.45) is 5.64. The molecule has 0 spiro atoms. The standard InChI is InChI=1S/C19H14FN3O4S2.C7H11NO2.H2/c1-29(26,27)19-23-10-17(28-19)14-6-15(20)13(7-16(14)24)18(25)22-9-12-4-2-11(8-21)3-5-12;9-7-8-4-2-1-3-6(8)5-10-7;/h2-7,10,24H,9H2,1H3,(H,22,25);6H,1-5H2;1H/t;6-;/m.0./s1. The van der Waals surface area contributed by atoms with Crippen molar-refractivity contribution in [1.82, 2.24) is 15.2 Å². The quantitative estimate of drug-likeness (QED) is 0.463. The van der Waals surface area contributed by atoms with Gasteiger partial charge in [0.15, 0.2) is 0 Å². The Kier molecular flexibility index (Phi) is 8.47. The molecule has 2 amide bonds. The van der Waals surface area contributed by atoms with Crippen molar-refractivity contribution < 1.29 is 33.7 Å². The zero-order chi connectivity index (χ0) is 28.2. The highest BCUT2D eigenvalue weighted by Crippen LogP contribution is 2.36. The van der Waals surface area contributed by atoms with Crippen molar-refractivity contribution in [3.05, 3.63) is 65.1 Å². The van der Waals surface area contributed by atoms with Gasteiger partial charge in [0.1, 0.15) is 18.2 Å². The van der Waals surface area contributed by atoms with Gasteiger partial charge in [0.05, 0.1) is 28.1 Å². The van der Waals surface area contributed by atoms with Crippen LogP contribution in [0.15, 0.2) is 46.9 Å². The van der Waals surface area contributed by atoms with Crippen molar-refractivity contribution >= 4 is 33.2 Å². The molecule has 2 fully saturated rings. The Bertz CT molecular complexity index is 1540. The number of nitrogens with zero attached hydrogens (tertiary/aromatic N) is 3. The molecule has 0 unspecified atom stereocenters. The first-order valence-corrected chi connectivity index (χ1v) is 14.7. The maximum Gasteiger partial charge on any atom is 0.410 e. The number of fused-ring (bicyclic) bond motifs is 1. The second-order valence-corrected chi connectivity index (χ2v) is 12.2. The zero-order valence-electron chi connectivity index (χ0n) is 20.9. The van der Waals surface area contributed by atoms with Crippen molar-refractivity contribution in [3.63, 3.8) is 0 Å². The molecule has 0 aliphatic carbocycles. The van der Waals surface area contributed by atoms with E-state index in [1.54, 1.807) is 24.3 Å². The zero-order valence-corrected chi connectivity index (χ0v) is 22.5. The van der Waals surface area contributed by atoms with Crippen molar-refractivity contribution in [2.75, 3.05) is 19.4 Å². The number of aromatic hydroxyl groups is 1. The predicted molar refractivity (Wildman–Crippen MR) is 142 cm³/mol. The monoisotopic (exact) mass is 574 g/mol. The van der Waals surface area contributed by atoms with E-state index in [0.29, 0.717) is 18.2 Å². The second-order valence-electron chi connectivity index (χ2n) is 9.02. The first-order valence-electron chi connectivity index (χ1n) is 12.0. The van der Waals surface area contributed by atoms with Crippen LogP contribution in [0.3, 0.4) is 0 Å². The van der Waals surface area contributed by atoms with Crippen LogP contribution in [0.2, 0.25) is 0 Å². The molecule has 2 saturated heterocycles. The maximum atomic E-state index is 14.5. The summed E-state index contributed by atoms with van der Waals surface area (Å²) in [4.78, 5) is 29.1. The Morgan fingerprint density at radius 3 is 2.72 bits per heavy atom. The molecular formula is C26H27FN4O6S2. The van der Waals surface area contributed by atoms with Crippen LogP contribution in [0.5, 0.6) is 5.75 Å².